The first-order valence-electron chi connectivity index (χ1n) is 7.02. The fraction of sp³-hybridized carbons (Fsp3) is 0.176. The zero-order chi connectivity index (χ0) is 15.7. The van der Waals surface area contributed by atoms with Crippen LogP contribution in [0.25, 0.3) is 16.9 Å². The van der Waals surface area contributed by atoms with Crippen molar-refractivity contribution in [3.05, 3.63) is 53.7 Å². The lowest BCUT2D eigenvalue weighted by molar-refractivity contribution is 0.414. The minimum atomic E-state index is 0.700. The van der Waals surface area contributed by atoms with Gasteiger partial charge in [-0.3, -0.25) is 0 Å². The molecule has 0 amide bonds. The maximum atomic E-state index is 5.82. The average Bonchev–Trinajstić information content (AvgIpc) is 2.96. The lowest BCUT2D eigenvalue weighted by Gasteiger charge is -2.09. The molecule has 3 aromatic rings. The van der Waals surface area contributed by atoms with Crippen LogP contribution in [0.4, 0.5) is 5.69 Å². The van der Waals surface area contributed by atoms with Crippen molar-refractivity contribution in [2.24, 2.45) is 0 Å². The number of methoxy groups -OCH3 is 1. The second-order valence-electron chi connectivity index (χ2n) is 5.28. The van der Waals surface area contributed by atoms with Gasteiger partial charge in [-0.25, -0.2) is 4.68 Å². The predicted molar refractivity (Wildman–Crippen MR) is 87.2 cm³/mol. The predicted octanol–water partition coefficient (Wildman–Crippen LogP) is 3.14. The molecule has 0 aliphatic rings. The average molecular weight is 294 g/mol. The van der Waals surface area contributed by atoms with Gasteiger partial charge in [-0.15, -0.1) is 5.10 Å². The third-order valence-electron chi connectivity index (χ3n) is 3.63. The van der Waals surface area contributed by atoms with Crippen LogP contribution in [0.5, 0.6) is 5.75 Å². The lowest BCUT2D eigenvalue weighted by atomic mass is 10.00. The van der Waals surface area contributed by atoms with E-state index in [4.69, 9.17) is 10.5 Å². The van der Waals surface area contributed by atoms with E-state index in [1.165, 1.54) is 0 Å². The number of aryl methyl sites for hydroxylation is 2. The van der Waals surface area contributed by atoms with Crippen molar-refractivity contribution >= 4 is 5.69 Å². The van der Waals surface area contributed by atoms with Crippen LogP contribution in [0.1, 0.15) is 11.1 Å². The molecule has 1 heterocycles. The second-order valence-corrected chi connectivity index (χ2v) is 5.28. The first-order valence-corrected chi connectivity index (χ1v) is 7.02. The highest BCUT2D eigenvalue weighted by molar-refractivity contribution is 5.68. The van der Waals surface area contributed by atoms with Crippen LogP contribution >= 0.6 is 0 Å². The molecule has 22 heavy (non-hydrogen) atoms. The Bertz CT molecular complexity index is 800. The molecule has 5 heteroatoms. The highest BCUT2D eigenvalue weighted by atomic mass is 16.5. The highest BCUT2D eigenvalue weighted by Crippen LogP contribution is 2.29. The van der Waals surface area contributed by atoms with Crippen molar-refractivity contribution in [1.29, 1.82) is 0 Å². The van der Waals surface area contributed by atoms with Gasteiger partial charge in [0.2, 0.25) is 0 Å². The van der Waals surface area contributed by atoms with Crippen LogP contribution in [0.15, 0.2) is 42.6 Å². The molecule has 2 N–H and O–H groups in total. The Morgan fingerprint density at radius 2 is 1.82 bits per heavy atom. The van der Waals surface area contributed by atoms with Gasteiger partial charge in [-0.1, -0.05) is 11.3 Å². The van der Waals surface area contributed by atoms with Gasteiger partial charge in [0, 0.05) is 11.3 Å². The van der Waals surface area contributed by atoms with Crippen molar-refractivity contribution in [3.8, 4) is 22.7 Å². The molecular formula is C17H18N4O. The molecule has 0 saturated carbocycles. The Hall–Kier alpha value is -2.82. The number of benzene rings is 2. The monoisotopic (exact) mass is 294 g/mol. The minimum absolute atomic E-state index is 0.700. The summed E-state index contributed by atoms with van der Waals surface area (Å²) in [6.07, 6.45) is 1.91. The third-order valence-corrected chi connectivity index (χ3v) is 3.63. The molecule has 0 unspecified atom stereocenters. The number of nitrogens with two attached hydrogens (primary N) is 1. The van der Waals surface area contributed by atoms with Gasteiger partial charge >= 0.3 is 0 Å². The highest BCUT2D eigenvalue weighted by Gasteiger charge is 2.12. The van der Waals surface area contributed by atoms with E-state index in [0.717, 1.165) is 33.8 Å². The molecule has 0 saturated heterocycles. The first-order chi connectivity index (χ1) is 10.6. The largest absolute Gasteiger partial charge is 0.497 e. The van der Waals surface area contributed by atoms with Crippen molar-refractivity contribution in [2.75, 3.05) is 12.8 Å². The SMILES string of the molecule is COc1cc(C)c(-c2cn(-c3cccc(N)c3)nn2)c(C)c1. The van der Waals surface area contributed by atoms with Crippen LogP contribution in [0.2, 0.25) is 0 Å². The number of nitrogen functional groups attached to an aromatic ring is 1. The van der Waals surface area contributed by atoms with Crippen LogP contribution in [-0.4, -0.2) is 22.1 Å². The molecule has 0 atom stereocenters. The molecule has 112 valence electrons. The summed E-state index contributed by atoms with van der Waals surface area (Å²) < 4.78 is 7.03. The number of aromatic nitrogens is 3. The summed E-state index contributed by atoms with van der Waals surface area (Å²) in [5, 5.41) is 8.51. The van der Waals surface area contributed by atoms with Gasteiger partial charge in [0.15, 0.2) is 0 Å². The molecule has 0 radical (unpaired) electrons. The van der Waals surface area contributed by atoms with E-state index in [-0.39, 0.29) is 0 Å². The van der Waals surface area contributed by atoms with Gasteiger partial charge in [0.25, 0.3) is 0 Å². The van der Waals surface area contributed by atoms with Crippen LogP contribution in [-0.2, 0) is 0 Å². The molecule has 0 aliphatic heterocycles. The fourth-order valence-electron chi connectivity index (χ4n) is 2.62. The molecule has 5 nitrogen and oxygen atoms in total. The van der Waals surface area contributed by atoms with E-state index in [1.807, 2.05) is 56.4 Å². The molecular weight excluding hydrogens is 276 g/mol. The summed E-state index contributed by atoms with van der Waals surface area (Å²) in [6.45, 7) is 4.09. The molecule has 3 rings (SSSR count). The van der Waals surface area contributed by atoms with Crippen molar-refractivity contribution in [3.63, 3.8) is 0 Å². The summed E-state index contributed by atoms with van der Waals surface area (Å²) in [7, 11) is 1.67. The molecule has 0 aliphatic carbocycles. The van der Waals surface area contributed by atoms with Crippen molar-refractivity contribution in [1.82, 2.24) is 15.0 Å². The summed E-state index contributed by atoms with van der Waals surface area (Å²) in [4.78, 5) is 0. The molecule has 0 fully saturated rings. The summed E-state index contributed by atoms with van der Waals surface area (Å²) in [5.74, 6) is 0.849. The standard InChI is InChI=1S/C17H18N4O/c1-11-7-15(22-3)8-12(2)17(11)16-10-21(20-19-16)14-6-4-5-13(18)9-14/h4-10H,18H2,1-3H3. The molecule has 0 bridgehead atoms. The molecule has 0 spiro atoms. The Kier molecular flexibility index (Phi) is 3.55. The van der Waals surface area contributed by atoms with Gasteiger partial charge in [0.1, 0.15) is 11.4 Å². The molecule has 1 aromatic heterocycles. The van der Waals surface area contributed by atoms with Crippen molar-refractivity contribution < 1.29 is 4.74 Å². The summed E-state index contributed by atoms with van der Waals surface area (Å²) in [6, 6.07) is 11.6. The smallest absolute Gasteiger partial charge is 0.119 e. The quantitative estimate of drug-likeness (QED) is 0.754. The van der Waals surface area contributed by atoms with Crippen LogP contribution in [0.3, 0.4) is 0 Å². The normalized spacial score (nSPS) is 10.7. The Balaban J connectivity index is 2.05. The zero-order valence-electron chi connectivity index (χ0n) is 12.9. The first kappa shape index (κ1) is 14.1. The van der Waals surface area contributed by atoms with E-state index in [1.54, 1.807) is 11.8 Å². The van der Waals surface area contributed by atoms with E-state index < -0.39 is 0 Å². The van der Waals surface area contributed by atoms with E-state index in [0.29, 0.717) is 5.69 Å². The lowest BCUT2D eigenvalue weighted by Crippen LogP contribution is -1.96. The number of hydrogen-bond donors (Lipinski definition) is 1. The maximum Gasteiger partial charge on any atom is 0.119 e. The Labute approximate surface area is 129 Å². The Morgan fingerprint density at radius 1 is 1.09 bits per heavy atom. The molecule has 2 aromatic carbocycles. The van der Waals surface area contributed by atoms with Gasteiger partial charge < -0.3 is 10.5 Å². The number of nitrogens with zero attached hydrogens (tertiary/aromatic N) is 3. The minimum Gasteiger partial charge on any atom is -0.497 e. The van der Waals surface area contributed by atoms with E-state index in [2.05, 4.69) is 10.3 Å². The number of anilines is 1. The van der Waals surface area contributed by atoms with Crippen LogP contribution in [0, 0.1) is 13.8 Å². The topological polar surface area (TPSA) is 66.0 Å². The summed E-state index contributed by atoms with van der Waals surface area (Å²) >= 11 is 0. The van der Waals surface area contributed by atoms with Gasteiger partial charge in [-0.05, 0) is 55.3 Å². The van der Waals surface area contributed by atoms with E-state index in [9.17, 15) is 0 Å². The zero-order valence-corrected chi connectivity index (χ0v) is 12.9. The number of hydrogen-bond acceptors (Lipinski definition) is 4. The third kappa shape index (κ3) is 2.53. The van der Waals surface area contributed by atoms with Gasteiger partial charge in [0.05, 0.1) is 19.0 Å². The maximum absolute atomic E-state index is 5.82. The van der Waals surface area contributed by atoms with Gasteiger partial charge in [-0.2, -0.15) is 0 Å². The Morgan fingerprint density at radius 3 is 2.45 bits per heavy atom. The van der Waals surface area contributed by atoms with Crippen LogP contribution < -0.4 is 10.5 Å². The van der Waals surface area contributed by atoms with Crippen molar-refractivity contribution in [2.45, 2.75) is 13.8 Å². The summed E-state index contributed by atoms with van der Waals surface area (Å²) in [5.41, 5.74) is 11.5. The van der Waals surface area contributed by atoms with E-state index >= 15 is 0 Å². The number of rotatable bonds is 3. The number of ether oxygens (including phenoxy) is 1. The second kappa shape index (κ2) is 5.52. The fourth-order valence-corrected chi connectivity index (χ4v) is 2.62.